The van der Waals surface area contributed by atoms with Crippen LogP contribution in [0.25, 0.3) is 33.3 Å². The molecule has 1 fully saturated rings. The van der Waals surface area contributed by atoms with Gasteiger partial charge in [0.25, 0.3) is 5.56 Å². The Hall–Kier alpha value is -4.36. The highest BCUT2D eigenvalue weighted by Crippen LogP contribution is 2.31. The van der Waals surface area contributed by atoms with E-state index in [4.69, 9.17) is 4.98 Å². The largest absolute Gasteiger partial charge is 0.324 e. The molecule has 1 aliphatic rings. The van der Waals surface area contributed by atoms with Gasteiger partial charge < -0.3 is 10.2 Å². The molecule has 7 heteroatoms. The Bertz CT molecular complexity index is 1770. The predicted molar refractivity (Wildman–Crippen MR) is 167 cm³/mol. The summed E-state index contributed by atoms with van der Waals surface area (Å²) in [6.07, 6.45) is 6.00. The third-order valence-corrected chi connectivity index (χ3v) is 8.33. The topological polar surface area (TPSA) is 75.9 Å². The molecule has 1 aliphatic heterocycles. The van der Waals surface area contributed by atoms with Gasteiger partial charge in [0, 0.05) is 46.8 Å². The predicted octanol–water partition coefficient (Wildman–Crippen LogP) is 6.71. The van der Waals surface area contributed by atoms with Crippen molar-refractivity contribution in [3.8, 4) is 22.3 Å². The smallest absolute Gasteiger partial charge is 0.260 e. The van der Waals surface area contributed by atoms with Crippen molar-refractivity contribution in [1.29, 1.82) is 0 Å². The van der Waals surface area contributed by atoms with Gasteiger partial charge in [0.15, 0.2) is 0 Å². The summed E-state index contributed by atoms with van der Waals surface area (Å²) >= 11 is 0. The molecule has 7 nitrogen and oxygen atoms in total. The highest BCUT2D eigenvalue weighted by molar-refractivity contribution is 5.83. The van der Waals surface area contributed by atoms with Crippen molar-refractivity contribution >= 4 is 22.7 Å². The molecular weight excluding hydrogens is 508 g/mol. The van der Waals surface area contributed by atoms with Gasteiger partial charge in [0.1, 0.15) is 5.65 Å². The molecule has 0 radical (unpaired) electrons. The van der Waals surface area contributed by atoms with Gasteiger partial charge in [-0.2, -0.15) is 4.98 Å². The van der Waals surface area contributed by atoms with Crippen molar-refractivity contribution in [2.45, 2.75) is 46.1 Å². The number of benzene rings is 2. The molecular formula is C34H36N6O. The maximum Gasteiger partial charge on any atom is 0.260 e. The number of hydrogen-bond donors (Lipinski definition) is 1. The zero-order chi connectivity index (χ0) is 28.5. The Balaban J connectivity index is 1.29. The number of fused-ring (bicyclic) bond motifs is 1. The van der Waals surface area contributed by atoms with Crippen LogP contribution >= 0.6 is 0 Å². The minimum absolute atomic E-state index is 0.0551. The Morgan fingerprint density at radius 2 is 1.71 bits per heavy atom. The molecule has 208 valence electrons. The van der Waals surface area contributed by atoms with Crippen LogP contribution in [0.15, 0.2) is 77.9 Å². The maximum absolute atomic E-state index is 13.7. The second kappa shape index (κ2) is 11.3. The van der Waals surface area contributed by atoms with E-state index in [1.807, 2.05) is 39.0 Å². The summed E-state index contributed by atoms with van der Waals surface area (Å²) in [5, 5.41) is 4.16. The summed E-state index contributed by atoms with van der Waals surface area (Å²) < 4.78 is 1.74. The minimum atomic E-state index is -0.0551. The summed E-state index contributed by atoms with van der Waals surface area (Å²) in [5.41, 5.74) is 8.65. The van der Waals surface area contributed by atoms with Gasteiger partial charge in [-0.25, -0.2) is 4.98 Å². The number of aromatic nitrogens is 4. The maximum atomic E-state index is 13.7. The summed E-state index contributed by atoms with van der Waals surface area (Å²) in [6, 6.07) is 20.8. The van der Waals surface area contributed by atoms with Crippen molar-refractivity contribution in [3.05, 3.63) is 100 Å². The first-order chi connectivity index (χ1) is 19.9. The van der Waals surface area contributed by atoms with Gasteiger partial charge in [-0.3, -0.25) is 14.3 Å². The first-order valence-electron chi connectivity index (χ1n) is 14.4. The van der Waals surface area contributed by atoms with Crippen LogP contribution < -0.4 is 10.9 Å². The fraction of sp³-hybridized carbons (Fsp3) is 0.294. The number of anilines is 2. The van der Waals surface area contributed by atoms with Crippen LogP contribution in [0.5, 0.6) is 0 Å². The lowest BCUT2D eigenvalue weighted by Crippen LogP contribution is -2.29. The number of nitrogens with one attached hydrogen (secondary N) is 1. The summed E-state index contributed by atoms with van der Waals surface area (Å²) in [5.74, 6) is 1.09. The lowest BCUT2D eigenvalue weighted by molar-refractivity contribution is 0.255. The quantitative estimate of drug-likeness (QED) is 0.256. The SMILES string of the molecule is CCn1c(=O)c(-c2ccc(-c3cccnc3C)cc2C)cc2cnc(Nc3ccc(C4CCN(C)CC4)cc3)nc21. The van der Waals surface area contributed by atoms with Crippen molar-refractivity contribution in [1.82, 2.24) is 24.4 Å². The lowest BCUT2D eigenvalue weighted by atomic mass is 9.89. The third kappa shape index (κ3) is 5.37. The molecule has 3 aromatic heterocycles. The third-order valence-electron chi connectivity index (χ3n) is 8.33. The molecule has 0 bridgehead atoms. The van der Waals surface area contributed by atoms with Crippen molar-refractivity contribution in [3.63, 3.8) is 0 Å². The molecule has 0 saturated carbocycles. The van der Waals surface area contributed by atoms with Gasteiger partial charge in [-0.05, 0) is 106 Å². The Morgan fingerprint density at radius 1 is 0.927 bits per heavy atom. The lowest BCUT2D eigenvalue weighted by Gasteiger charge is -2.29. The van der Waals surface area contributed by atoms with Crippen molar-refractivity contribution < 1.29 is 0 Å². The van der Waals surface area contributed by atoms with E-state index in [9.17, 15) is 4.79 Å². The van der Waals surface area contributed by atoms with E-state index >= 15 is 0 Å². The van der Waals surface area contributed by atoms with Crippen LogP contribution in [0.3, 0.4) is 0 Å². The molecule has 0 amide bonds. The van der Waals surface area contributed by atoms with E-state index in [1.165, 1.54) is 18.4 Å². The molecule has 0 spiro atoms. The molecule has 5 aromatic rings. The Morgan fingerprint density at radius 3 is 2.41 bits per heavy atom. The van der Waals surface area contributed by atoms with Crippen LogP contribution in [-0.4, -0.2) is 44.6 Å². The van der Waals surface area contributed by atoms with Crippen LogP contribution in [0.2, 0.25) is 0 Å². The van der Waals surface area contributed by atoms with Gasteiger partial charge in [0.05, 0.1) is 0 Å². The summed E-state index contributed by atoms with van der Waals surface area (Å²) in [7, 11) is 2.19. The highest BCUT2D eigenvalue weighted by atomic mass is 16.1. The zero-order valence-corrected chi connectivity index (χ0v) is 24.2. The number of pyridine rings is 2. The van der Waals surface area contributed by atoms with Gasteiger partial charge in [-0.1, -0.05) is 36.4 Å². The van der Waals surface area contributed by atoms with E-state index in [0.29, 0.717) is 29.6 Å². The van der Waals surface area contributed by atoms with E-state index in [2.05, 4.69) is 69.7 Å². The van der Waals surface area contributed by atoms with Gasteiger partial charge >= 0.3 is 0 Å². The van der Waals surface area contributed by atoms with Gasteiger partial charge in [0.2, 0.25) is 5.95 Å². The average molecular weight is 545 g/mol. The second-order valence-corrected chi connectivity index (χ2v) is 11.1. The monoisotopic (exact) mass is 544 g/mol. The molecule has 2 aromatic carbocycles. The number of likely N-dealkylation sites (tertiary alicyclic amines) is 1. The molecule has 0 unspecified atom stereocenters. The normalized spacial score (nSPS) is 14.4. The fourth-order valence-corrected chi connectivity index (χ4v) is 5.94. The second-order valence-electron chi connectivity index (χ2n) is 11.1. The summed E-state index contributed by atoms with van der Waals surface area (Å²) in [4.78, 5) is 29.9. The van der Waals surface area contributed by atoms with Crippen LogP contribution in [0, 0.1) is 13.8 Å². The first-order valence-corrected chi connectivity index (χ1v) is 14.4. The van der Waals surface area contributed by atoms with Crippen LogP contribution in [0.1, 0.15) is 42.5 Å². The number of rotatable bonds is 6. The van der Waals surface area contributed by atoms with Crippen LogP contribution in [0.4, 0.5) is 11.6 Å². The van der Waals surface area contributed by atoms with Crippen molar-refractivity contribution in [2.75, 3.05) is 25.5 Å². The van der Waals surface area contributed by atoms with E-state index in [-0.39, 0.29) is 5.56 Å². The standard InChI is InChI=1S/C34H36N6O/c1-5-40-32-27(20-31(33(40)41)29-13-10-26(19-22(29)2)30-7-6-16-35-23(30)3)21-36-34(38-32)37-28-11-8-24(9-12-28)25-14-17-39(4)18-15-25/h6-13,16,19-21,25H,5,14-15,17-18H2,1-4H3,(H,36,37,38). The minimum Gasteiger partial charge on any atom is -0.324 e. The molecule has 41 heavy (non-hydrogen) atoms. The average Bonchev–Trinajstić information content (AvgIpc) is 2.98. The van der Waals surface area contributed by atoms with Crippen molar-refractivity contribution in [2.24, 2.45) is 0 Å². The van der Waals surface area contributed by atoms with E-state index in [1.54, 1.807) is 17.0 Å². The van der Waals surface area contributed by atoms with Crippen LogP contribution in [-0.2, 0) is 6.54 Å². The van der Waals surface area contributed by atoms with Gasteiger partial charge in [-0.15, -0.1) is 0 Å². The molecule has 1 N–H and O–H groups in total. The molecule has 0 atom stereocenters. The number of hydrogen-bond acceptors (Lipinski definition) is 6. The summed E-state index contributed by atoms with van der Waals surface area (Å²) in [6.45, 7) is 8.83. The van der Waals surface area contributed by atoms with E-state index in [0.717, 1.165) is 52.1 Å². The number of aryl methyl sites for hydroxylation is 3. The fourth-order valence-electron chi connectivity index (χ4n) is 5.94. The van der Waals surface area contributed by atoms with E-state index < -0.39 is 0 Å². The zero-order valence-electron chi connectivity index (χ0n) is 24.2. The number of nitrogens with zero attached hydrogens (tertiary/aromatic N) is 5. The Labute approximate surface area is 240 Å². The Kier molecular flexibility index (Phi) is 7.37. The molecule has 1 saturated heterocycles. The number of piperidine rings is 1. The molecule has 0 aliphatic carbocycles. The molecule has 6 rings (SSSR count). The first kappa shape index (κ1) is 26.8. The highest BCUT2D eigenvalue weighted by Gasteiger charge is 2.19. The molecule has 4 heterocycles.